The van der Waals surface area contributed by atoms with Crippen LogP contribution in [0.1, 0.15) is 11.4 Å². The number of nitrogens with one attached hydrogen (secondary N) is 4. The Morgan fingerprint density at radius 2 is 0.833 bits per heavy atom. The van der Waals surface area contributed by atoms with Crippen LogP contribution in [-0.2, 0) is 0 Å². The molecule has 4 N–H and O–H groups in total. The van der Waals surface area contributed by atoms with Gasteiger partial charge in [0.05, 0.1) is 11.1 Å². The van der Waals surface area contributed by atoms with Crippen LogP contribution in [0.15, 0.2) is 84.9 Å². The van der Waals surface area contributed by atoms with Crippen molar-refractivity contribution in [1.29, 1.82) is 0 Å². The van der Waals surface area contributed by atoms with E-state index in [0.29, 0.717) is 0 Å². The Hall–Kier alpha value is -3.92. The highest BCUT2D eigenvalue weighted by Gasteiger charge is 2.19. The third-order valence-corrected chi connectivity index (χ3v) is 5.46. The molecule has 4 heteroatoms. The Morgan fingerprint density at radius 3 is 1.20 bits per heavy atom. The molecule has 0 amide bonds. The number of rotatable bonds is 4. The molecule has 0 saturated carbocycles. The maximum atomic E-state index is 3.54. The average molecular weight is 393 g/mol. The predicted octanol–water partition coefficient (Wildman–Crippen LogP) is 5.26. The minimum absolute atomic E-state index is 1.01. The fourth-order valence-corrected chi connectivity index (χ4v) is 3.88. The summed E-state index contributed by atoms with van der Waals surface area (Å²) in [6.07, 6.45) is 0. The van der Waals surface area contributed by atoms with Gasteiger partial charge in [-0.25, -0.2) is 19.9 Å². The monoisotopic (exact) mass is 392 g/mol. The van der Waals surface area contributed by atoms with E-state index in [2.05, 4.69) is 107 Å². The molecule has 2 aromatic heterocycles. The minimum atomic E-state index is 1.01. The van der Waals surface area contributed by atoms with Gasteiger partial charge in [0, 0.05) is 25.0 Å². The molecule has 2 heterocycles. The van der Waals surface area contributed by atoms with Crippen LogP contribution in [0.5, 0.6) is 0 Å². The van der Waals surface area contributed by atoms with Crippen LogP contribution in [-0.4, -0.2) is 9.97 Å². The molecule has 0 spiro atoms. The van der Waals surface area contributed by atoms with E-state index in [-0.39, 0.29) is 0 Å². The first-order valence-corrected chi connectivity index (χ1v) is 10.1. The van der Waals surface area contributed by atoms with Gasteiger partial charge in [-0.3, -0.25) is 0 Å². The molecule has 0 aliphatic heterocycles. The molecule has 3 aromatic carbocycles. The largest absolute Gasteiger partial charge is 0.285 e. The van der Waals surface area contributed by atoms with Gasteiger partial charge in [0.25, 0.3) is 11.6 Å². The first kappa shape index (κ1) is 18.1. The standard InChI is InChI=1S/C26H22N4/c1-17-23(19-9-5-3-6-10-19)29-25(27-17)21-13-15-22(16-14-21)26-28-18(2)24(30-26)20-11-7-4-8-12-20/h3-16H,1-2H3,(H,27,29)(H,28,30)/p+2. The summed E-state index contributed by atoms with van der Waals surface area (Å²) in [5.41, 5.74) is 9.09. The smallest absolute Gasteiger partial charge is 0.240 e. The molecular weight excluding hydrogens is 368 g/mol. The summed E-state index contributed by atoms with van der Waals surface area (Å²) in [4.78, 5) is 14.0. The zero-order chi connectivity index (χ0) is 20.5. The maximum Gasteiger partial charge on any atom is 0.285 e. The highest BCUT2D eigenvalue weighted by molar-refractivity contribution is 5.66. The summed E-state index contributed by atoms with van der Waals surface area (Å²) in [6.45, 7) is 4.19. The van der Waals surface area contributed by atoms with Crippen LogP contribution < -0.4 is 9.97 Å². The van der Waals surface area contributed by atoms with Crippen LogP contribution in [0.2, 0.25) is 0 Å². The molecule has 0 radical (unpaired) electrons. The summed E-state index contributed by atoms with van der Waals surface area (Å²) in [7, 11) is 0. The van der Waals surface area contributed by atoms with E-state index in [1.165, 1.54) is 11.1 Å². The Bertz CT molecular complexity index is 1180. The topological polar surface area (TPSA) is 59.9 Å². The third kappa shape index (κ3) is 3.33. The quantitative estimate of drug-likeness (QED) is 0.419. The first-order valence-electron chi connectivity index (χ1n) is 10.1. The van der Waals surface area contributed by atoms with Gasteiger partial charge >= 0.3 is 0 Å². The lowest BCUT2D eigenvalue weighted by atomic mass is 10.1. The summed E-state index contributed by atoms with van der Waals surface area (Å²) < 4.78 is 0. The van der Waals surface area contributed by atoms with Crippen LogP contribution >= 0.6 is 0 Å². The fraction of sp³-hybridized carbons (Fsp3) is 0.0769. The van der Waals surface area contributed by atoms with Gasteiger partial charge in [0.15, 0.2) is 11.4 Å². The average Bonchev–Trinajstić information content (AvgIpc) is 3.38. The molecule has 146 valence electrons. The molecule has 0 atom stereocenters. The van der Waals surface area contributed by atoms with Crippen molar-refractivity contribution in [2.45, 2.75) is 13.8 Å². The van der Waals surface area contributed by atoms with E-state index >= 15 is 0 Å². The van der Waals surface area contributed by atoms with Crippen molar-refractivity contribution in [1.82, 2.24) is 9.97 Å². The fourth-order valence-electron chi connectivity index (χ4n) is 3.88. The number of imidazole rings is 2. The van der Waals surface area contributed by atoms with E-state index in [4.69, 9.17) is 0 Å². The minimum Gasteiger partial charge on any atom is -0.240 e. The molecule has 0 bridgehead atoms. The molecule has 0 aliphatic rings. The van der Waals surface area contributed by atoms with Gasteiger partial charge in [-0.1, -0.05) is 60.7 Å². The molecule has 30 heavy (non-hydrogen) atoms. The zero-order valence-corrected chi connectivity index (χ0v) is 17.1. The number of hydrogen-bond donors (Lipinski definition) is 2. The van der Waals surface area contributed by atoms with Gasteiger partial charge < -0.3 is 0 Å². The summed E-state index contributed by atoms with van der Waals surface area (Å²) >= 11 is 0. The van der Waals surface area contributed by atoms with Crippen molar-refractivity contribution < 1.29 is 9.97 Å². The second-order valence-electron chi connectivity index (χ2n) is 7.56. The zero-order valence-electron chi connectivity index (χ0n) is 17.1. The second-order valence-corrected chi connectivity index (χ2v) is 7.56. The molecule has 0 fully saturated rings. The van der Waals surface area contributed by atoms with Crippen LogP contribution in [0.4, 0.5) is 0 Å². The van der Waals surface area contributed by atoms with Gasteiger partial charge in [0.2, 0.25) is 0 Å². The van der Waals surface area contributed by atoms with E-state index in [0.717, 1.165) is 45.6 Å². The maximum absolute atomic E-state index is 3.54. The molecule has 0 saturated heterocycles. The van der Waals surface area contributed by atoms with Crippen molar-refractivity contribution >= 4 is 0 Å². The SMILES string of the molecule is Cc1[nH]c(-c2ccc(-c3[nH]c(C)c(-c4ccccc4)[nH+]3)cc2)[nH+]c1-c1ccccc1. The highest BCUT2D eigenvalue weighted by atomic mass is 14.9. The Kier molecular flexibility index (Phi) is 4.52. The molecule has 4 nitrogen and oxygen atoms in total. The molecule has 5 rings (SSSR count). The van der Waals surface area contributed by atoms with Gasteiger partial charge in [-0.15, -0.1) is 0 Å². The highest BCUT2D eigenvalue weighted by Crippen LogP contribution is 2.25. The van der Waals surface area contributed by atoms with E-state index in [1.54, 1.807) is 0 Å². The number of hydrogen-bond acceptors (Lipinski definition) is 0. The van der Waals surface area contributed by atoms with E-state index in [1.807, 2.05) is 12.1 Å². The van der Waals surface area contributed by atoms with Crippen molar-refractivity contribution in [2.75, 3.05) is 0 Å². The number of benzene rings is 3. The summed E-state index contributed by atoms with van der Waals surface area (Å²) in [5.74, 6) is 2.02. The summed E-state index contributed by atoms with van der Waals surface area (Å²) in [5, 5.41) is 0. The number of aryl methyl sites for hydroxylation is 2. The lowest BCUT2D eigenvalue weighted by Gasteiger charge is -1.95. The van der Waals surface area contributed by atoms with Crippen LogP contribution in [0.25, 0.3) is 45.3 Å². The van der Waals surface area contributed by atoms with Crippen molar-refractivity contribution in [3.63, 3.8) is 0 Å². The van der Waals surface area contributed by atoms with E-state index in [9.17, 15) is 0 Å². The Balaban J connectivity index is 1.45. The van der Waals surface area contributed by atoms with Gasteiger partial charge in [0.1, 0.15) is 11.4 Å². The van der Waals surface area contributed by atoms with Gasteiger partial charge in [-0.2, -0.15) is 0 Å². The Morgan fingerprint density at radius 1 is 0.467 bits per heavy atom. The number of aromatic amines is 4. The van der Waals surface area contributed by atoms with Crippen LogP contribution in [0, 0.1) is 13.8 Å². The normalized spacial score (nSPS) is 11.0. The predicted molar refractivity (Wildman–Crippen MR) is 119 cm³/mol. The lowest BCUT2D eigenvalue weighted by Crippen LogP contribution is -2.07. The van der Waals surface area contributed by atoms with Crippen molar-refractivity contribution in [3.8, 4) is 45.3 Å². The summed E-state index contributed by atoms with van der Waals surface area (Å²) in [6, 6.07) is 29.3. The van der Waals surface area contributed by atoms with E-state index < -0.39 is 0 Å². The third-order valence-electron chi connectivity index (χ3n) is 5.46. The van der Waals surface area contributed by atoms with Crippen molar-refractivity contribution in [2.24, 2.45) is 0 Å². The Labute approximate surface area is 175 Å². The van der Waals surface area contributed by atoms with Gasteiger partial charge in [-0.05, 0) is 24.3 Å². The molecule has 0 aliphatic carbocycles. The number of aromatic nitrogens is 4. The van der Waals surface area contributed by atoms with Crippen LogP contribution in [0.3, 0.4) is 0 Å². The molecular formula is C26H24N4+2. The molecule has 5 aromatic rings. The first-order chi connectivity index (χ1) is 14.7. The number of H-pyrrole nitrogens is 4. The second kappa shape index (κ2) is 7.48. The lowest BCUT2D eigenvalue weighted by molar-refractivity contribution is -0.350. The van der Waals surface area contributed by atoms with Crippen molar-refractivity contribution in [3.05, 3.63) is 96.3 Å². The molecule has 0 unspecified atom stereocenters.